The zero-order valence-corrected chi connectivity index (χ0v) is 8.75. The SMILES string of the molecule is CCC(C)NCCn1cc(C)cn1. The molecular weight excluding hydrogens is 162 g/mol. The molecule has 1 rings (SSSR count). The summed E-state index contributed by atoms with van der Waals surface area (Å²) in [6.07, 6.45) is 5.14. The highest BCUT2D eigenvalue weighted by Gasteiger charge is 1.97. The van der Waals surface area contributed by atoms with Crippen molar-refractivity contribution in [2.24, 2.45) is 0 Å². The number of aryl methyl sites for hydroxylation is 1. The minimum atomic E-state index is 0.608. The summed E-state index contributed by atoms with van der Waals surface area (Å²) in [4.78, 5) is 0. The fourth-order valence-corrected chi connectivity index (χ4v) is 1.16. The number of rotatable bonds is 5. The van der Waals surface area contributed by atoms with Crippen LogP contribution < -0.4 is 5.32 Å². The maximum Gasteiger partial charge on any atom is 0.0534 e. The van der Waals surface area contributed by atoms with Crippen LogP contribution in [0, 0.1) is 6.92 Å². The van der Waals surface area contributed by atoms with Crippen LogP contribution in [0.15, 0.2) is 12.4 Å². The Morgan fingerprint density at radius 2 is 2.38 bits per heavy atom. The van der Waals surface area contributed by atoms with Gasteiger partial charge in [0.1, 0.15) is 0 Å². The summed E-state index contributed by atoms with van der Waals surface area (Å²) in [5.41, 5.74) is 1.23. The Balaban J connectivity index is 2.20. The van der Waals surface area contributed by atoms with Crippen LogP contribution in [0.5, 0.6) is 0 Å². The van der Waals surface area contributed by atoms with E-state index in [1.165, 1.54) is 12.0 Å². The lowest BCUT2D eigenvalue weighted by atomic mass is 10.3. The van der Waals surface area contributed by atoms with E-state index in [1.54, 1.807) is 0 Å². The van der Waals surface area contributed by atoms with E-state index < -0.39 is 0 Å². The van der Waals surface area contributed by atoms with Gasteiger partial charge in [0, 0.05) is 18.8 Å². The van der Waals surface area contributed by atoms with Gasteiger partial charge < -0.3 is 5.32 Å². The molecule has 1 N–H and O–H groups in total. The minimum absolute atomic E-state index is 0.608. The molecule has 0 saturated heterocycles. The Kier molecular flexibility index (Phi) is 3.96. The Bertz CT molecular complexity index is 242. The maximum absolute atomic E-state index is 4.22. The van der Waals surface area contributed by atoms with E-state index in [0.717, 1.165) is 13.1 Å². The second-order valence-corrected chi connectivity index (χ2v) is 3.54. The van der Waals surface area contributed by atoms with Gasteiger partial charge in [-0.25, -0.2) is 0 Å². The topological polar surface area (TPSA) is 29.9 Å². The van der Waals surface area contributed by atoms with Crippen molar-refractivity contribution in [1.82, 2.24) is 15.1 Å². The van der Waals surface area contributed by atoms with Gasteiger partial charge in [-0.15, -0.1) is 0 Å². The first-order valence-corrected chi connectivity index (χ1v) is 4.94. The standard InChI is InChI=1S/C10H19N3/c1-4-10(3)11-5-6-13-8-9(2)7-12-13/h7-8,10-11H,4-6H2,1-3H3. The van der Waals surface area contributed by atoms with E-state index in [2.05, 4.69) is 37.4 Å². The van der Waals surface area contributed by atoms with Crippen LogP contribution in [0.2, 0.25) is 0 Å². The third kappa shape index (κ3) is 3.59. The molecule has 1 atom stereocenters. The lowest BCUT2D eigenvalue weighted by Gasteiger charge is -2.10. The Morgan fingerprint density at radius 3 is 2.92 bits per heavy atom. The summed E-state index contributed by atoms with van der Waals surface area (Å²) >= 11 is 0. The highest BCUT2D eigenvalue weighted by Crippen LogP contribution is 1.93. The average Bonchev–Trinajstić information content (AvgIpc) is 2.51. The summed E-state index contributed by atoms with van der Waals surface area (Å²) in [5.74, 6) is 0. The zero-order chi connectivity index (χ0) is 9.68. The maximum atomic E-state index is 4.22. The van der Waals surface area contributed by atoms with Gasteiger partial charge in [-0.05, 0) is 25.8 Å². The molecule has 74 valence electrons. The molecule has 0 aliphatic rings. The van der Waals surface area contributed by atoms with Crippen molar-refractivity contribution in [3.63, 3.8) is 0 Å². The van der Waals surface area contributed by atoms with Gasteiger partial charge in [0.15, 0.2) is 0 Å². The van der Waals surface area contributed by atoms with E-state index >= 15 is 0 Å². The average molecular weight is 181 g/mol. The molecule has 13 heavy (non-hydrogen) atoms. The van der Waals surface area contributed by atoms with Crippen molar-refractivity contribution in [2.75, 3.05) is 6.54 Å². The summed E-state index contributed by atoms with van der Waals surface area (Å²) in [6.45, 7) is 8.41. The van der Waals surface area contributed by atoms with Gasteiger partial charge in [0.05, 0.1) is 12.7 Å². The molecule has 1 aromatic rings. The van der Waals surface area contributed by atoms with Crippen LogP contribution in [0.4, 0.5) is 0 Å². The fraction of sp³-hybridized carbons (Fsp3) is 0.700. The molecule has 0 aromatic carbocycles. The number of aromatic nitrogens is 2. The zero-order valence-electron chi connectivity index (χ0n) is 8.75. The first-order chi connectivity index (χ1) is 6.22. The van der Waals surface area contributed by atoms with Gasteiger partial charge in [-0.3, -0.25) is 4.68 Å². The van der Waals surface area contributed by atoms with Crippen LogP contribution in [-0.2, 0) is 6.54 Å². The van der Waals surface area contributed by atoms with Gasteiger partial charge in [0.25, 0.3) is 0 Å². The van der Waals surface area contributed by atoms with Crippen LogP contribution in [0.3, 0.4) is 0 Å². The monoisotopic (exact) mass is 181 g/mol. The second-order valence-electron chi connectivity index (χ2n) is 3.54. The van der Waals surface area contributed by atoms with Crippen LogP contribution in [0.1, 0.15) is 25.8 Å². The lowest BCUT2D eigenvalue weighted by molar-refractivity contribution is 0.487. The Labute approximate surface area is 80.1 Å². The van der Waals surface area contributed by atoms with Gasteiger partial charge in [0.2, 0.25) is 0 Å². The van der Waals surface area contributed by atoms with Crippen molar-refractivity contribution in [3.05, 3.63) is 18.0 Å². The smallest absolute Gasteiger partial charge is 0.0534 e. The third-order valence-electron chi connectivity index (χ3n) is 2.21. The molecule has 3 nitrogen and oxygen atoms in total. The number of nitrogens with one attached hydrogen (secondary N) is 1. The van der Waals surface area contributed by atoms with Crippen molar-refractivity contribution >= 4 is 0 Å². The molecule has 1 aromatic heterocycles. The Morgan fingerprint density at radius 1 is 1.62 bits per heavy atom. The highest BCUT2D eigenvalue weighted by atomic mass is 15.3. The van der Waals surface area contributed by atoms with E-state index in [9.17, 15) is 0 Å². The second kappa shape index (κ2) is 5.02. The molecule has 0 bridgehead atoms. The summed E-state index contributed by atoms with van der Waals surface area (Å²) < 4.78 is 1.98. The van der Waals surface area contributed by atoms with Crippen molar-refractivity contribution in [1.29, 1.82) is 0 Å². The minimum Gasteiger partial charge on any atom is -0.312 e. The summed E-state index contributed by atoms with van der Waals surface area (Å²) in [6, 6.07) is 0.608. The molecular formula is C10H19N3. The quantitative estimate of drug-likeness (QED) is 0.747. The van der Waals surface area contributed by atoms with Crippen LogP contribution in [0.25, 0.3) is 0 Å². The lowest BCUT2D eigenvalue weighted by Crippen LogP contribution is -2.28. The first-order valence-electron chi connectivity index (χ1n) is 4.94. The van der Waals surface area contributed by atoms with E-state index in [-0.39, 0.29) is 0 Å². The van der Waals surface area contributed by atoms with Gasteiger partial charge in [-0.1, -0.05) is 6.92 Å². The molecule has 0 radical (unpaired) electrons. The number of nitrogens with zero attached hydrogens (tertiary/aromatic N) is 2. The molecule has 1 heterocycles. The first kappa shape index (κ1) is 10.3. The van der Waals surface area contributed by atoms with Crippen molar-refractivity contribution in [3.8, 4) is 0 Å². The normalized spacial score (nSPS) is 13.2. The summed E-state index contributed by atoms with van der Waals surface area (Å²) in [5, 5.41) is 7.64. The van der Waals surface area contributed by atoms with Gasteiger partial charge in [-0.2, -0.15) is 5.10 Å². The number of hydrogen-bond acceptors (Lipinski definition) is 2. The van der Waals surface area contributed by atoms with Gasteiger partial charge >= 0.3 is 0 Å². The molecule has 0 aliphatic carbocycles. The van der Waals surface area contributed by atoms with Crippen molar-refractivity contribution < 1.29 is 0 Å². The van der Waals surface area contributed by atoms with E-state index in [1.807, 2.05) is 10.9 Å². The van der Waals surface area contributed by atoms with Crippen LogP contribution >= 0.6 is 0 Å². The highest BCUT2D eigenvalue weighted by molar-refractivity contribution is 4.99. The van der Waals surface area contributed by atoms with Crippen molar-refractivity contribution in [2.45, 2.75) is 39.8 Å². The molecule has 0 saturated carbocycles. The van der Waals surface area contributed by atoms with Crippen LogP contribution in [-0.4, -0.2) is 22.4 Å². The molecule has 3 heteroatoms. The molecule has 0 amide bonds. The Hall–Kier alpha value is -0.830. The van der Waals surface area contributed by atoms with E-state index in [0.29, 0.717) is 6.04 Å². The summed E-state index contributed by atoms with van der Waals surface area (Å²) in [7, 11) is 0. The third-order valence-corrected chi connectivity index (χ3v) is 2.21. The predicted molar refractivity (Wildman–Crippen MR) is 54.7 cm³/mol. The molecule has 1 unspecified atom stereocenters. The molecule has 0 spiro atoms. The van der Waals surface area contributed by atoms with E-state index in [4.69, 9.17) is 0 Å². The number of hydrogen-bond donors (Lipinski definition) is 1. The largest absolute Gasteiger partial charge is 0.312 e. The fourth-order valence-electron chi connectivity index (χ4n) is 1.16. The molecule has 0 fully saturated rings. The predicted octanol–water partition coefficient (Wildman–Crippen LogP) is 1.58. The molecule has 0 aliphatic heterocycles.